The molecule has 0 saturated heterocycles. The standard InChI is InChI=1S/C22H25N3O2/c1-5-19(16-12-10-15(4)11-13-16)23-21(26)20-17-8-6-7-9-18(17)22(27)25(24-20)14(2)3/h6-14,19H,5H2,1-4H3,(H,23,26). The number of benzene rings is 2. The fourth-order valence-electron chi connectivity index (χ4n) is 3.17. The van der Waals surface area contributed by atoms with Gasteiger partial charge >= 0.3 is 0 Å². The number of hydrogen-bond acceptors (Lipinski definition) is 3. The van der Waals surface area contributed by atoms with Crippen molar-refractivity contribution < 1.29 is 4.79 Å². The second kappa shape index (κ2) is 7.74. The number of carbonyl (C=O) groups excluding carboxylic acids is 1. The summed E-state index contributed by atoms with van der Waals surface area (Å²) in [7, 11) is 0. The van der Waals surface area contributed by atoms with Crippen molar-refractivity contribution in [2.24, 2.45) is 0 Å². The molecule has 1 N–H and O–H groups in total. The van der Waals surface area contributed by atoms with Crippen molar-refractivity contribution in [2.75, 3.05) is 0 Å². The first-order valence-electron chi connectivity index (χ1n) is 9.31. The van der Waals surface area contributed by atoms with Crippen LogP contribution >= 0.6 is 0 Å². The van der Waals surface area contributed by atoms with Crippen LogP contribution in [0, 0.1) is 6.92 Å². The lowest BCUT2D eigenvalue weighted by atomic mass is 10.0. The van der Waals surface area contributed by atoms with E-state index in [0.29, 0.717) is 10.8 Å². The molecule has 0 saturated carbocycles. The van der Waals surface area contributed by atoms with Gasteiger partial charge in [-0.1, -0.05) is 55.0 Å². The summed E-state index contributed by atoms with van der Waals surface area (Å²) >= 11 is 0. The minimum Gasteiger partial charge on any atom is -0.344 e. The average Bonchev–Trinajstić information content (AvgIpc) is 2.67. The summed E-state index contributed by atoms with van der Waals surface area (Å²) < 4.78 is 1.38. The van der Waals surface area contributed by atoms with Gasteiger partial charge in [0, 0.05) is 5.39 Å². The fourth-order valence-corrected chi connectivity index (χ4v) is 3.17. The van der Waals surface area contributed by atoms with Gasteiger partial charge in [0.05, 0.1) is 17.5 Å². The van der Waals surface area contributed by atoms with E-state index in [1.807, 2.05) is 58.0 Å². The Kier molecular flexibility index (Phi) is 5.40. The number of hydrogen-bond donors (Lipinski definition) is 1. The first-order chi connectivity index (χ1) is 12.9. The van der Waals surface area contributed by atoms with Crippen LogP contribution in [0.2, 0.25) is 0 Å². The summed E-state index contributed by atoms with van der Waals surface area (Å²) in [5.41, 5.74) is 2.33. The number of fused-ring (bicyclic) bond motifs is 1. The van der Waals surface area contributed by atoms with E-state index < -0.39 is 0 Å². The highest BCUT2D eigenvalue weighted by Gasteiger charge is 2.20. The molecule has 1 aromatic heterocycles. The normalized spacial score (nSPS) is 12.3. The van der Waals surface area contributed by atoms with Crippen LogP contribution in [0.3, 0.4) is 0 Å². The molecule has 2 aromatic carbocycles. The number of aromatic nitrogens is 2. The Labute approximate surface area is 159 Å². The van der Waals surface area contributed by atoms with Crippen molar-refractivity contribution in [3.63, 3.8) is 0 Å². The minimum atomic E-state index is -0.270. The molecule has 1 atom stereocenters. The third kappa shape index (κ3) is 3.77. The van der Waals surface area contributed by atoms with Gasteiger partial charge in [0.25, 0.3) is 11.5 Å². The maximum Gasteiger partial charge on any atom is 0.274 e. The topological polar surface area (TPSA) is 64.0 Å². The summed E-state index contributed by atoms with van der Waals surface area (Å²) in [6.45, 7) is 7.83. The number of nitrogens with zero attached hydrogens (tertiary/aromatic N) is 2. The Morgan fingerprint density at radius 3 is 2.30 bits per heavy atom. The second-order valence-electron chi connectivity index (χ2n) is 7.08. The van der Waals surface area contributed by atoms with Crippen LogP contribution in [-0.4, -0.2) is 15.7 Å². The molecule has 0 bridgehead atoms. The van der Waals surface area contributed by atoms with Gasteiger partial charge in [-0.25, -0.2) is 4.68 Å². The zero-order valence-electron chi connectivity index (χ0n) is 16.2. The molecule has 0 aliphatic carbocycles. The molecule has 140 valence electrons. The van der Waals surface area contributed by atoms with Gasteiger partial charge in [-0.15, -0.1) is 0 Å². The van der Waals surface area contributed by atoms with Crippen LogP contribution in [0.15, 0.2) is 53.3 Å². The Bertz CT molecular complexity index is 1020. The molecule has 0 spiro atoms. The number of amides is 1. The SMILES string of the molecule is CCC(NC(=O)c1nn(C(C)C)c(=O)c2ccccc12)c1ccc(C)cc1. The molecule has 3 rings (SSSR count). The van der Waals surface area contributed by atoms with E-state index in [-0.39, 0.29) is 29.2 Å². The van der Waals surface area contributed by atoms with Crippen LogP contribution in [0.1, 0.15) is 60.9 Å². The summed E-state index contributed by atoms with van der Waals surface area (Å²) in [6, 6.07) is 15.0. The molecule has 1 amide bonds. The summed E-state index contributed by atoms with van der Waals surface area (Å²) in [5, 5.41) is 8.56. The van der Waals surface area contributed by atoms with Gasteiger partial charge in [0.1, 0.15) is 0 Å². The van der Waals surface area contributed by atoms with Crippen LogP contribution in [0.25, 0.3) is 10.8 Å². The van der Waals surface area contributed by atoms with Gasteiger partial charge in [-0.3, -0.25) is 9.59 Å². The van der Waals surface area contributed by atoms with Crippen molar-refractivity contribution in [1.29, 1.82) is 0 Å². The smallest absolute Gasteiger partial charge is 0.274 e. The average molecular weight is 363 g/mol. The Morgan fingerprint density at radius 2 is 1.70 bits per heavy atom. The maximum absolute atomic E-state index is 13.1. The van der Waals surface area contributed by atoms with E-state index in [1.54, 1.807) is 18.2 Å². The molecule has 1 unspecified atom stereocenters. The lowest BCUT2D eigenvalue weighted by Gasteiger charge is -2.19. The molecule has 0 aliphatic rings. The maximum atomic E-state index is 13.1. The third-order valence-electron chi connectivity index (χ3n) is 4.73. The van der Waals surface area contributed by atoms with Crippen LogP contribution in [0.4, 0.5) is 0 Å². The highest BCUT2D eigenvalue weighted by Crippen LogP contribution is 2.20. The van der Waals surface area contributed by atoms with E-state index in [4.69, 9.17) is 0 Å². The van der Waals surface area contributed by atoms with E-state index in [2.05, 4.69) is 10.4 Å². The monoisotopic (exact) mass is 363 g/mol. The number of carbonyl (C=O) groups is 1. The number of nitrogens with one attached hydrogen (secondary N) is 1. The Morgan fingerprint density at radius 1 is 1.07 bits per heavy atom. The zero-order valence-corrected chi connectivity index (χ0v) is 16.2. The van der Waals surface area contributed by atoms with Crippen molar-refractivity contribution in [1.82, 2.24) is 15.1 Å². The van der Waals surface area contributed by atoms with Crippen molar-refractivity contribution in [3.05, 3.63) is 75.7 Å². The number of rotatable bonds is 5. The molecule has 5 heteroatoms. The van der Waals surface area contributed by atoms with E-state index in [0.717, 1.165) is 12.0 Å². The van der Waals surface area contributed by atoms with Crippen LogP contribution < -0.4 is 10.9 Å². The van der Waals surface area contributed by atoms with Crippen LogP contribution in [-0.2, 0) is 0 Å². The van der Waals surface area contributed by atoms with Crippen LogP contribution in [0.5, 0.6) is 0 Å². The van der Waals surface area contributed by atoms with E-state index in [9.17, 15) is 9.59 Å². The predicted molar refractivity (Wildman–Crippen MR) is 108 cm³/mol. The van der Waals surface area contributed by atoms with E-state index in [1.165, 1.54) is 10.2 Å². The predicted octanol–water partition coefficient (Wildman–Crippen LogP) is 4.17. The van der Waals surface area contributed by atoms with Crippen molar-refractivity contribution in [3.8, 4) is 0 Å². The summed E-state index contributed by atoms with van der Waals surface area (Å²) in [4.78, 5) is 25.7. The molecule has 1 heterocycles. The molecule has 5 nitrogen and oxygen atoms in total. The molecule has 0 radical (unpaired) electrons. The third-order valence-corrected chi connectivity index (χ3v) is 4.73. The highest BCUT2D eigenvalue weighted by atomic mass is 16.2. The molecular formula is C22H25N3O2. The van der Waals surface area contributed by atoms with Gasteiger partial charge in [-0.05, 0) is 38.8 Å². The molecule has 0 fully saturated rings. The van der Waals surface area contributed by atoms with Gasteiger partial charge in [0.2, 0.25) is 0 Å². The highest BCUT2D eigenvalue weighted by molar-refractivity contribution is 6.04. The lowest BCUT2D eigenvalue weighted by molar-refractivity contribution is 0.0929. The van der Waals surface area contributed by atoms with E-state index >= 15 is 0 Å². The Balaban J connectivity index is 2.03. The fraction of sp³-hybridized carbons (Fsp3) is 0.318. The molecule has 27 heavy (non-hydrogen) atoms. The Hall–Kier alpha value is -2.95. The van der Waals surface area contributed by atoms with Crippen molar-refractivity contribution in [2.45, 2.75) is 46.2 Å². The summed E-state index contributed by atoms with van der Waals surface area (Å²) in [5.74, 6) is -0.270. The largest absolute Gasteiger partial charge is 0.344 e. The quantitative estimate of drug-likeness (QED) is 0.740. The molecule has 0 aliphatic heterocycles. The van der Waals surface area contributed by atoms with Crippen molar-refractivity contribution >= 4 is 16.7 Å². The molecular weight excluding hydrogens is 338 g/mol. The lowest BCUT2D eigenvalue weighted by Crippen LogP contribution is -2.33. The number of aryl methyl sites for hydroxylation is 1. The van der Waals surface area contributed by atoms with Gasteiger partial charge < -0.3 is 5.32 Å². The second-order valence-corrected chi connectivity index (χ2v) is 7.08. The first kappa shape index (κ1) is 18.8. The van der Waals surface area contributed by atoms with Gasteiger partial charge in [0.15, 0.2) is 5.69 Å². The molecule has 3 aromatic rings. The zero-order chi connectivity index (χ0) is 19.6. The summed E-state index contributed by atoms with van der Waals surface area (Å²) in [6.07, 6.45) is 0.760. The van der Waals surface area contributed by atoms with Gasteiger partial charge in [-0.2, -0.15) is 5.10 Å². The minimum absolute atomic E-state index is 0.113. The first-order valence-corrected chi connectivity index (χ1v) is 9.31.